The zero-order valence-corrected chi connectivity index (χ0v) is 14.4. The minimum absolute atomic E-state index is 0. The fourth-order valence-electron chi connectivity index (χ4n) is 3.85. The molecule has 126 valence electrons. The lowest BCUT2D eigenvalue weighted by atomic mass is 10.0. The van der Waals surface area contributed by atoms with Gasteiger partial charge in [0, 0.05) is 23.9 Å². The van der Waals surface area contributed by atoms with Gasteiger partial charge in [-0.1, -0.05) is 5.16 Å². The Labute approximate surface area is 145 Å². The van der Waals surface area contributed by atoms with Crippen molar-refractivity contribution in [2.45, 2.75) is 32.6 Å². The summed E-state index contributed by atoms with van der Waals surface area (Å²) in [6.45, 7) is 6.15. The van der Waals surface area contributed by atoms with Gasteiger partial charge in [-0.25, -0.2) is 9.50 Å². The van der Waals surface area contributed by atoms with Crippen LogP contribution < -0.4 is 5.32 Å². The van der Waals surface area contributed by atoms with E-state index in [-0.39, 0.29) is 12.4 Å². The van der Waals surface area contributed by atoms with Gasteiger partial charge >= 0.3 is 0 Å². The molecule has 1 N–H and O–H groups in total. The molecule has 2 fully saturated rings. The average molecular weight is 347 g/mol. The molecule has 2 aliphatic rings. The molecule has 7 nitrogen and oxygen atoms in total. The molecule has 4 heterocycles. The molecule has 2 atom stereocenters. The lowest BCUT2D eigenvalue weighted by Gasteiger charge is -2.02. The fraction of sp³-hybridized carbons (Fsp3) is 0.500. The summed E-state index contributed by atoms with van der Waals surface area (Å²) >= 11 is 0. The highest BCUT2D eigenvalue weighted by atomic mass is 35.5. The molecule has 2 unspecified atom stereocenters. The summed E-state index contributed by atoms with van der Waals surface area (Å²) in [7, 11) is 0. The van der Waals surface area contributed by atoms with E-state index in [1.54, 1.807) is 6.20 Å². The molecule has 0 radical (unpaired) electrons. The van der Waals surface area contributed by atoms with E-state index in [1.165, 1.54) is 6.42 Å². The minimum Gasteiger partial charge on any atom is -0.339 e. The van der Waals surface area contributed by atoms with Crippen LogP contribution in [0.1, 0.15) is 36.0 Å². The van der Waals surface area contributed by atoms with E-state index < -0.39 is 0 Å². The van der Waals surface area contributed by atoms with Crippen molar-refractivity contribution >= 4 is 18.1 Å². The molecular weight excluding hydrogens is 328 g/mol. The van der Waals surface area contributed by atoms with Crippen molar-refractivity contribution in [2.75, 3.05) is 13.1 Å². The molecule has 5 rings (SSSR count). The number of halogens is 1. The van der Waals surface area contributed by atoms with Crippen LogP contribution in [-0.2, 0) is 0 Å². The molecule has 0 aromatic carbocycles. The monoisotopic (exact) mass is 346 g/mol. The highest BCUT2D eigenvalue weighted by molar-refractivity contribution is 5.85. The second-order valence-corrected chi connectivity index (χ2v) is 6.83. The SMILES string of the molecule is Cc1cc(C)n2ncc(-c3noc(C4CC45CCNC5)n3)c2n1.Cl. The Morgan fingerprint density at radius 2 is 2.21 bits per heavy atom. The number of nitrogens with one attached hydrogen (secondary N) is 1. The summed E-state index contributed by atoms with van der Waals surface area (Å²) in [5.41, 5.74) is 3.96. The average Bonchev–Trinajstić information content (AvgIpc) is 2.96. The predicted molar refractivity (Wildman–Crippen MR) is 90.3 cm³/mol. The third-order valence-corrected chi connectivity index (χ3v) is 5.23. The maximum absolute atomic E-state index is 5.55. The summed E-state index contributed by atoms with van der Waals surface area (Å²) in [6.07, 6.45) is 4.11. The molecule has 8 heteroatoms. The van der Waals surface area contributed by atoms with Crippen LogP contribution in [0, 0.1) is 19.3 Å². The Balaban J connectivity index is 0.00000146. The Morgan fingerprint density at radius 1 is 1.33 bits per heavy atom. The number of fused-ring (bicyclic) bond motifs is 1. The summed E-state index contributed by atoms with van der Waals surface area (Å²) in [5, 5.41) is 12.0. The van der Waals surface area contributed by atoms with Crippen molar-refractivity contribution in [3.63, 3.8) is 0 Å². The Morgan fingerprint density at radius 3 is 3.00 bits per heavy atom. The van der Waals surface area contributed by atoms with Crippen LogP contribution in [0.15, 0.2) is 16.8 Å². The quantitative estimate of drug-likeness (QED) is 0.766. The van der Waals surface area contributed by atoms with Crippen molar-refractivity contribution in [3.05, 3.63) is 29.5 Å². The molecule has 1 saturated carbocycles. The second kappa shape index (κ2) is 5.26. The van der Waals surface area contributed by atoms with Crippen LogP contribution in [0.5, 0.6) is 0 Å². The molecule has 1 saturated heterocycles. The van der Waals surface area contributed by atoms with Crippen LogP contribution in [0.2, 0.25) is 0 Å². The first-order chi connectivity index (χ1) is 11.2. The highest BCUT2D eigenvalue weighted by Gasteiger charge is 2.58. The van der Waals surface area contributed by atoms with Crippen LogP contribution >= 0.6 is 12.4 Å². The van der Waals surface area contributed by atoms with Crippen molar-refractivity contribution in [1.29, 1.82) is 0 Å². The van der Waals surface area contributed by atoms with Crippen LogP contribution in [0.3, 0.4) is 0 Å². The van der Waals surface area contributed by atoms with Gasteiger partial charge < -0.3 is 9.84 Å². The number of hydrogen-bond donors (Lipinski definition) is 1. The third kappa shape index (κ3) is 2.15. The number of nitrogens with zero attached hydrogens (tertiary/aromatic N) is 5. The minimum atomic E-state index is 0. The fourth-order valence-corrected chi connectivity index (χ4v) is 3.85. The van der Waals surface area contributed by atoms with Gasteiger partial charge in [-0.05, 0) is 44.7 Å². The molecule has 3 aromatic rings. The van der Waals surface area contributed by atoms with E-state index in [0.29, 0.717) is 17.2 Å². The molecular formula is C16H19ClN6O. The Kier molecular flexibility index (Phi) is 3.40. The molecule has 1 aliphatic heterocycles. The standard InChI is InChI=1S/C16H18N6O.ClH/c1-9-5-10(2)22-14(19-9)11(7-18-22)13-20-15(23-21-13)12-6-16(12)3-4-17-8-16;/h5,7,12,17H,3-4,6,8H2,1-2H3;1H. The van der Waals surface area contributed by atoms with Crippen molar-refractivity contribution < 1.29 is 4.52 Å². The molecule has 1 aliphatic carbocycles. The number of rotatable bonds is 2. The Hall–Kier alpha value is -1.99. The van der Waals surface area contributed by atoms with Gasteiger partial charge in [0.2, 0.25) is 11.7 Å². The maximum Gasteiger partial charge on any atom is 0.230 e. The molecule has 24 heavy (non-hydrogen) atoms. The first kappa shape index (κ1) is 15.5. The number of aryl methyl sites for hydroxylation is 2. The first-order valence-electron chi connectivity index (χ1n) is 8.03. The van der Waals surface area contributed by atoms with E-state index in [2.05, 4.69) is 25.5 Å². The van der Waals surface area contributed by atoms with Crippen molar-refractivity contribution in [2.24, 2.45) is 5.41 Å². The molecule has 3 aromatic heterocycles. The molecule has 0 amide bonds. The summed E-state index contributed by atoms with van der Waals surface area (Å²) in [5.74, 6) is 1.74. The summed E-state index contributed by atoms with van der Waals surface area (Å²) < 4.78 is 7.37. The van der Waals surface area contributed by atoms with Crippen LogP contribution in [0.4, 0.5) is 0 Å². The maximum atomic E-state index is 5.55. The third-order valence-electron chi connectivity index (χ3n) is 5.23. The van der Waals surface area contributed by atoms with E-state index in [0.717, 1.165) is 48.0 Å². The van der Waals surface area contributed by atoms with E-state index in [9.17, 15) is 0 Å². The predicted octanol–water partition coefficient (Wildman–Crippen LogP) is 2.28. The molecule has 0 bridgehead atoms. The summed E-state index contributed by atoms with van der Waals surface area (Å²) in [4.78, 5) is 9.23. The van der Waals surface area contributed by atoms with Gasteiger partial charge in [0.1, 0.15) is 0 Å². The largest absolute Gasteiger partial charge is 0.339 e. The lowest BCUT2D eigenvalue weighted by molar-refractivity contribution is 0.364. The normalized spacial score (nSPS) is 25.3. The van der Waals surface area contributed by atoms with E-state index in [4.69, 9.17) is 4.52 Å². The smallest absolute Gasteiger partial charge is 0.230 e. The van der Waals surface area contributed by atoms with Crippen LogP contribution in [0.25, 0.3) is 17.0 Å². The van der Waals surface area contributed by atoms with E-state index >= 15 is 0 Å². The zero-order chi connectivity index (χ0) is 15.6. The van der Waals surface area contributed by atoms with Gasteiger partial charge in [-0.2, -0.15) is 10.1 Å². The van der Waals surface area contributed by atoms with Crippen molar-refractivity contribution in [3.8, 4) is 11.4 Å². The van der Waals surface area contributed by atoms with E-state index in [1.807, 2.05) is 24.4 Å². The Bertz CT molecular complexity index is 911. The first-order valence-corrected chi connectivity index (χ1v) is 8.03. The number of aromatic nitrogens is 5. The van der Waals surface area contributed by atoms with Gasteiger partial charge in [0.05, 0.1) is 11.8 Å². The van der Waals surface area contributed by atoms with Gasteiger partial charge in [0.15, 0.2) is 5.65 Å². The van der Waals surface area contributed by atoms with Gasteiger partial charge in [-0.3, -0.25) is 0 Å². The zero-order valence-electron chi connectivity index (χ0n) is 13.6. The van der Waals surface area contributed by atoms with Crippen molar-refractivity contribution in [1.82, 2.24) is 30.1 Å². The lowest BCUT2D eigenvalue weighted by Crippen LogP contribution is -2.10. The van der Waals surface area contributed by atoms with Crippen LogP contribution in [-0.4, -0.2) is 37.8 Å². The summed E-state index contributed by atoms with van der Waals surface area (Å²) in [6, 6.07) is 2.01. The van der Waals surface area contributed by atoms with Gasteiger partial charge in [-0.15, -0.1) is 12.4 Å². The second-order valence-electron chi connectivity index (χ2n) is 6.83. The topological polar surface area (TPSA) is 81.1 Å². The highest BCUT2D eigenvalue weighted by Crippen LogP contribution is 2.62. The van der Waals surface area contributed by atoms with Gasteiger partial charge in [0.25, 0.3) is 0 Å². The molecule has 1 spiro atoms. The number of hydrogen-bond acceptors (Lipinski definition) is 6.